The zero-order valence-corrected chi connectivity index (χ0v) is 14.8. The normalized spacial score (nSPS) is 17.1. The van der Waals surface area contributed by atoms with Gasteiger partial charge in [0.1, 0.15) is 6.04 Å². The van der Waals surface area contributed by atoms with Crippen molar-refractivity contribution in [3.8, 4) is 11.4 Å². The Hall–Kier alpha value is -3.02. The second-order valence-electron chi connectivity index (χ2n) is 6.69. The summed E-state index contributed by atoms with van der Waals surface area (Å²) in [5.74, 6) is 1.10. The number of hydrogen-bond donors (Lipinski definition) is 0. The standard InChI is InChI=1S/C20H20N4O2/c1-13-5-6-15(10-14(13)2)12-24-17(7-8-18(24)25)20-22-19(23-26-20)16-4-3-9-21-11-16/h3-6,9-11,17H,7-8,12H2,1-2H3. The molecule has 0 radical (unpaired) electrons. The first kappa shape index (κ1) is 16.4. The highest BCUT2D eigenvalue weighted by Crippen LogP contribution is 2.34. The van der Waals surface area contributed by atoms with Crippen LogP contribution in [-0.4, -0.2) is 25.9 Å². The van der Waals surface area contributed by atoms with Gasteiger partial charge in [-0.15, -0.1) is 0 Å². The summed E-state index contributed by atoms with van der Waals surface area (Å²) in [7, 11) is 0. The smallest absolute Gasteiger partial charge is 0.249 e. The Balaban J connectivity index is 1.58. The molecule has 1 fully saturated rings. The fourth-order valence-corrected chi connectivity index (χ4v) is 3.27. The lowest BCUT2D eigenvalue weighted by atomic mass is 10.1. The summed E-state index contributed by atoms with van der Waals surface area (Å²) in [5.41, 5.74) is 4.38. The van der Waals surface area contributed by atoms with Crippen LogP contribution in [-0.2, 0) is 11.3 Å². The average Bonchev–Trinajstić information content (AvgIpc) is 3.27. The van der Waals surface area contributed by atoms with Gasteiger partial charge in [-0.05, 0) is 49.1 Å². The SMILES string of the molecule is Cc1ccc(CN2C(=O)CCC2c2nc(-c3cccnc3)no2)cc1C. The van der Waals surface area contributed by atoms with Gasteiger partial charge in [0.2, 0.25) is 17.6 Å². The van der Waals surface area contributed by atoms with E-state index in [1.807, 2.05) is 17.0 Å². The molecule has 1 aliphatic heterocycles. The molecule has 1 amide bonds. The van der Waals surface area contributed by atoms with E-state index in [-0.39, 0.29) is 11.9 Å². The molecule has 0 aliphatic carbocycles. The first-order valence-corrected chi connectivity index (χ1v) is 8.71. The number of carbonyl (C=O) groups is 1. The Bertz CT molecular complexity index is 936. The fraction of sp³-hybridized carbons (Fsp3) is 0.300. The second-order valence-corrected chi connectivity index (χ2v) is 6.69. The van der Waals surface area contributed by atoms with E-state index in [4.69, 9.17) is 4.52 Å². The van der Waals surface area contributed by atoms with Gasteiger partial charge in [0, 0.05) is 30.9 Å². The molecular weight excluding hydrogens is 328 g/mol. The van der Waals surface area contributed by atoms with Gasteiger partial charge in [0.15, 0.2) is 0 Å². The van der Waals surface area contributed by atoms with Crippen molar-refractivity contribution >= 4 is 5.91 Å². The van der Waals surface area contributed by atoms with Crippen LogP contribution in [0.15, 0.2) is 47.2 Å². The van der Waals surface area contributed by atoms with Crippen molar-refractivity contribution in [3.63, 3.8) is 0 Å². The molecule has 26 heavy (non-hydrogen) atoms. The van der Waals surface area contributed by atoms with Crippen molar-refractivity contribution in [2.45, 2.75) is 39.3 Å². The van der Waals surface area contributed by atoms with Gasteiger partial charge in [-0.2, -0.15) is 4.98 Å². The minimum Gasteiger partial charge on any atom is -0.337 e. The van der Waals surface area contributed by atoms with Gasteiger partial charge >= 0.3 is 0 Å². The van der Waals surface area contributed by atoms with Gasteiger partial charge in [0.25, 0.3) is 0 Å². The lowest BCUT2D eigenvalue weighted by Gasteiger charge is -2.22. The number of benzene rings is 1. The minimum atomic E-state index is -0.179. The van der Waals surface area contributed by atoms with Crippen LogP contribution in [0.4, 0.5) is 0 Å². The number of likely N-dealkylation sites (tertiary alicyclic amines) is 1. The van der Waals surface area contributed by atoms with Crippen molar-refractivity contribution in [1.29, 1.82) is 0 Å². The maximum absolute atomic E-state index is 12.4. The molecule has 1 aromatic carbocycles. The Labute approximate surface area is 151 Å². The highest BCUT2D eigenvalue weighted by atomic mass is 16.5. The molecule has 4 rings (SSSR count). The number of hydrogen-bond acceptors (Lipinski definition) is 5. The summed E-state index contributed by atoms with van der Waals surface area (Å²) < 4.78 is 5.48. The van der Waals surface area contributed by atoms with E-state index in [0.717, 1.165) is 11.1 Å². The number of aryl methyl sites for hydroxylation is 2. The molecule has 1 unspecified atom stereocenters. The number of aromatic nitrogens is 3. The summed E-state index contributed by atoms with van der Waals surface area (Å²) in [6.07, 6.45) is 4.59. The number of pyridine rings is 1. The summed E-state index contributed by atoms with van der Waals surface area (Å²) in [5, 5.41) is 4.06. The quantitative estimate of drug-likeness (QED) is 0.720. The Morgan fingerprint density at radius 1 is 1.23 bits per heavy atom. The third kappa shape index (κ3) is 3.10. The van der Waals surface area contributed by atoms with Crippen molar-refractivity contribution in [1.82, 2.24) is 20.0 Å². The average molecular weight is 348 g/mol. The number of amides is 1. The zero-order chi connectivity index (χ0) is 18.1. The molecule has 6 nitrogen and oxygen atoms in total. The maximum Gasteiger partial charge on any atom is 0.249 e. The van der Waals surface area contributed by atoms with E-state index in [1.165, 1.54) is 11.1 Å². The van der Waals surface area contributed by atoms with Crippen molar-refractivity contribution in [3.05, 3.63) is 65.3 Å². The molecule has 0 bridgehead atoms. The Morgan fingerprint density at radius 3 is 2.88 bits per heavy atom. The number of nitrogens with zero attached hydrogens (tertiary/aromatic N) is 4. The molecule has 2 aromatic heterocycles. The van der Waals surface area contributed by atoms with Gasteiger partial charge in [-0.3, -0.25) is 9.78 Å². The third-order valence-electron chi connectivity index (χ3n) is 4.90. The van der Waals surface area contributed by atoms with Crippen LogP contribution >= 0.6 is 0 Å². The topological polar surface area (TPSA) is 72.1 Å². The van der Waals surface area contributed by atoms with Gasteiger partial charge in [0.05, 0.1) is 0 Å². The van der Waals surface area contributed by atoms with Crippen molar-refractivity contribution in [2.24, 2.45) is 0 Å². The predicted molar refractivity (Wildman–Crippen MR) is 96.0 cm³/mol. The molecule has 3 heterocycles. The maximum atomic E-state index is 12.4. The molecule has 1 aliphatic rings. The first-order valence-electron chi connectivity index (χ1n) is 8.71. The van der Waals surface area contributed by atoms with Gasteiger partial charge in [-0.25, -0.2) is 0 Å². The van der Waals surface area contributed by atoms with E-state index in [2.05, 4.69) is 47.2 Å². The Morgan fingerprint density at radius 2 is 2.12 bits per heavy atom. The summed E-state index contributed by atoms with van der Waals surface area (Å²) >= 11 is 0. The van der Waals surface area contributed by atoms with Crippen molar-refractivity contribution < 1.29 is 9.32 Å². The third-order valence-corrected chi connectivity index (χ3v) is 4.90. The molecule has 1 saturated heterocycles. The molecular formula is C20H20N4O2. The summed E-state index contributed by atoms with van der Waals surface area (Å²) in [4.78, 5) is 22.8. The highest BCUT2D eigenvalue weighted by Gasteiger charge is 2.36. The second kappa shape index (κ2) is 6.71. The van der Waals surface area contributed by atoms with Gasteiger partial charge < -0.3 is 9.42 Å². The van der Waals surface area contributed by atoms with Crippen LogP contribution in [0.5, 0.6) is 0 Å². The lowest BCUT2D eigenvalue weighted by molar-refractivity contribution is -0.129. The van der Waals surface area contributed by atoms with E-state index < -0.39 is 0 Å². The highest BCUT2D eigenvalue weighted by molar-refractivity contribution is 5.78. The molecule has 1 atom stereocenters. The van der Waals surface area contributed by atoms with E-state index in [1.54, 1.807) is 12.4 Å². The van der Waals surface area contributed by atoms with Crippen LogP contribution < -0.4 is 0 Å². The monoisotopic (exact) mass is 348 g/mol. The molecule has 132 valence electrons. The van der Waals surface area contributed by atoms with E-state index in [9.17, 15) is 4.79 Å². The summed E-state index contributed by atoms with van der Waals surface area (Å²) in [6.45, 7) is 4.72. The first-order chi connectivity index (χ1) is 12.6. The molecule has 6 heteroatoms. The van der Waals surface area contributed by atoms with E-state index in [0.29, 0.717) is 31.1 Å². The van der Waals surface area contributed by atoms with Crippen LogP contribution in [0.2, 0.25) is 0 Å². The largest absolute Gasteiger partial charge is 0.337 e. The predicted octanol–water partition coefficient (Wildman–Crippen LogP) is 3.61. The van der Waals surface area contributed by atoms with E-state index >= 15 is 0 Å². The fourth-order valence-electron chi connectivity index (χ4n) is 3.27. The minimum absolute atomic E-state index is 0.120. The molecule has 0 saturated carbocycles. The molecule has 0 N–H and O–H groups in total. The molecule has 0 spiro atoms. The summed E-state index contributed by atoms with van der Waals surface area (Å²) in [6, 6.07) is 9.83. The zero-order valence-electron chi connectivity index (χ0n) is 14.8. The van der Waals surface area contributed by atoms with Crippen LogP contribution in [0, 0.1) is 13.8 Å². The lowest BCUT2D eigenvalue weighted by Crippen LogP contribution is -2.27. The van der Waals surface area contributed by atoms with Crippen LogP contribution in [0.1, 0.15) is 41.5 Å². The van der Waals surface area contributed by atoms with Gasteiger partial charge in [-0.1, -0.05) is 23.4 Å². The van der Waals surface area contributed by atoms with Crippen molar-refractivity contribution in [2.75, 3.05) is 0 Å². The number of rotatable bonds is 4. The number of carbonyl (C=O) groups excluding carboxylic acids is 1. The Kier molecular flexibility index (Phi) is 4.24. The molecule has 3 aromatic rings. The van der Waals surface area contributed by atoms with Crippen LogP contribution in [0.25, 0.3) is 11.4 Å². The van der Waals surface area contributed by atoms with Crippen LogP contribution in [0.3, 0.4) is 0 Å².